The Balaban J connectivity index is -0.000000844. The fourth-order valence-corrected chi connectivity index (χ4v) is 2.85. The van der Waals surface area contributed by atoms with E-state index < -0.39 is 10.4 Å². The smallest absolute Gasteiger partial charge is 0.343 e. The Morgan fingerprint density at radius 3 is 1.11 bits per heavy atom. The molecule has 0 saturated heterocycles. The molecule has 0 atom stereocenters. The molecule has 0 aromatic heterocycles. The predicted octanol–water partition coefficient (Wildman–Crippen LogP) is 3.39. The minimum atomic E-state index is -4.67. The third-order valence-corrected chi connectivity index (χ3v) is 4.28. The van der Waals surface area contributed by atoms with Gasteiger partial charge in [-0.3, -0.25) is 9.11 Å². The van der Waals surface area contributed by atoms with Crippen LogP contribution in [0.4, 0.5) is 0 Å². The summed E-state index contributed by atoms with van der Waals surface area (Å²) >= 11 is 0. The Bertz CT molecular complexity index is 391. The molecule has 0 heterocycles. The zero-order valence-corrected chi connectivity index (χ0v) is 20.6. The number of rotatable bonds is 17. The van der Waals surface area contributed by atoms with Crippen LogP contribution in [0.3, 0.4) is 0 Å². The number of carbonyl (C=O) groups excluding carboxylic acids is 1. The van der Waals surface area contributed by atoms with Crippen molar-refractivity contribution in [2.75, 3.05) is 0 Å². The topological polar surface area (TPSA) is 91.7 Å². The maximum absolute atomic E-state index is 10.8. The van der Waals surface area contributed by atoms with Gasteiger partial charge in [-0.25, -0.2) is 0 Å². The molecule has 0 bridgehead atoms. The van der Waals surface area contributed by atoms with E-state index in [4.69, 9.17) is 17.5 Å². The summed E-state index contributed by atoms with van der Waals surface area (Å²) in [5.41, 5.74) is 0. The molecule has 0 aliphatic carbocycles. The standard InChI is InChI=1S/C20H39O.Na.H2O4S/c1-3-4-5-6-7-8-9-10-11-12-13-14-15-16-17-18-19-20(2)21;;1-5(2,3)4/h1,3-19H2,2H3;;(H2,1,2,3,4)/q-1;+1;. The Labute approximate surface area is 190 Å². The fraction of sp³-hybridized carbons (Fsp3) is 0.900. The van der Waals surface area contributed by atoms with Crippen molar-refractivity contribution in [1.82, 2.24) is 0 Å². The maximum atomic E-state index is 10.8. The van der Waals surface area contributed by atoms with Crippen LogP contribution in [0.1, 0.15) is 116 Å². The van der Waals surface area contributed by atoms with Gasteiger partial charge < -0.3 is 11.7 Å². The first-order chi connectivity index (χ1) is 12.3. The van der Waals surface area contributed by atoms with Crippen LogP contribution in [-0.4, -0.2) is 23.3 Å². The van der Waals surface area contributed by atoms with Gasteiger partial charge in [0.15, 0.2) is 0 Å². The predicted molar refractivity (Wildman–Crippen MR) is 109 cm³/mol. The van der Waals surface area contributed by atoms with Crippen molar-refractivity contribution < 1.29 is 51.9 Å². The van der Waals surface area contributed by atoms with Crippen molar-refractivity contribution in [2.24, 2.45) is 0 Å². The van der Waals surface area contributed by atoms with Gasteiger partial charge in [0.05, 0.1) is 0 Å². The zero-order chi connectivity index (χ0) is 20.1. The molecule has 0 aromatic carbocycles. The van der Waals surface area contributed by atoms with Crippen LogP contribution < -0.4 is 29.6 Å². The van der Waals surface area contributed by atoms with E-state index in [1.165, 1.54) is 89.9 Å². The molecule has 0 rings (SSSR count). The molecule has 27 heavy (non-hydrogen) atoms. The minimum absolute atomic E-state index is 0. The van der Waals surface area contributed by atoms with Gasteiger partial charge in [0, 0.05) is 6.42 Å². The number of hydrogen-bond acceptors (Lipinski definition) is 3. The van der Waals surface area contributed by atoms with E-state index >= 15 is 0 Å². The Hall–Kier alpha value is 0.540. The van der Waals surface area contributed by atoms with Crippen molar-refractivity contribution in [1.29, 1.82) is 0 Å². The van der Waals surface area contributed by atoms with Crippen molar-refractivity contribution in [3.63, 3.8) is 0 Å². The monoisotopic (exact) mass is 416 g/mol. The third kappa shape index (κ3) is 46.5. The van der Waals surface area contributed by atoms with Gasteiger partial charge in [0.2, 0.25) is 0 Å². The van der Waals surface area contributed by atoms with E-state index in [-0.39, 0.29) is 29.6 Å². The number of ketones is 1. The summed E-state index contributed by atoms with van der Waals surface area (Å²) in [6.45, 7) is 5.58. The van der Waals surface area contributed by atoms with Crippen molar-refractivity contribution in [3.8, 4) is 0 Å². The molecule has 7 heteroatoms. The van der Waals surface area contributed by atoms with E-state index in [9.17, 15) is 4.79 Å². The summed E-state index contributed by atoms with van der Waals surface area (Å²) in [7, 11) is -4.67. The number of carbonyl (C=O) groups is 1. The molecule has 0 aliphatic heterocycles. The van der Waals surface area contributed by atoms with Crippen LogP contribution in [0.25, 0.3) is 0 Å². The second-order valence-electron chi connectivity index (χ2n) is 7.06. The first kappa shape index (κ1) is 32.2. The largest absolute Gasteiger partial charge is 1.00 e. The van der Waals surface area contributed by atoms with E-state index in [0.717, 1.165) is 19.3 Å². The average molecular weight is 417 g/mol. The summed E-state index contributed by atoms with van der Waals surface area (Å²) in [5, 5.41) is 0. The molecule has 2 N–H and O–H groups in total. The van der Waals surface area contributed by atoms with Crippen molar-refractivity contribution in [2.45, 2.75) is 116 Å². The molecule has 0 saturated carbocycles. The molecular weight excluding hydrogens is 375 g/mol. The van der Waals surface area contributed by atoms with Gasteiger partial charge in [-0.05, 0) is 13.3 Å². The Morgan fingerprint density at radius 1 is 0.667 bits per heavy atom. The van der Waals surface area contributed by atoms with Crippen molar-refractivity contribution >= 4 is 16.2 Å². The second-order valence-corrected chi connectivity index (χ2v) is 7.95. The molecule has 5 nitrogen and oxygen atoms in total. The van der Waals surface area contributed by atoms with Crippen LogP contribution in [0.15, 0.2) is 0 Å². The van der Waals surface area contributed by atoms with Crippen LogP contribution in [0.2, 0.25) is 0 Å². The molecular formula is C20H41NaO5S. The summed E-state index contributed by atoms with van der Waals surface area (Å²) in [4.78, 5) is 10.8. The summed E-state index contributed by atoms with van der Waals surface area (Å²) in [5.74, 6) is 0.345. The molecule has 0 fully saturated rings. The number of Topliss-reactive ketones (excluding diaryl/α,β-unsaturated/α-hetero) is 1. The molecule has 0 amide bonds. The van der Waals surface area contributed by atoms with E-state index in [2.05, 4.69) is 6.92 Å². The average Bonchev–Trinajstić information content (AvgIpc) is 2.52. The molecule has 158 valence electrons. The third-order valence-electron chi connectivity index (χ3n) is 4.28. The molecule has 0 unspecified atom stereocenters. The van der Waals surface area contributed by atoms with Gasteiger partial charge in [0.1, 0.15) is 5.78 Å². The number of unbranched alkanes of at least 4 members (excludes halogenated alkanes) is 15. The molecule has 0 aromatic rings. The van der Waals surface area contributed by atoms with Gasteiger partial charge in [0.25, 0.3) is 0 Å². The Morgan fingerprint density at radius 2 is 0.889 bits per heavy atom. The van der Waals surface area contributed by atoms with Gasteiger partial charge in [-0.1, -0.05) is 89.9 Å². The maximum Gasteiger partial charge on any atom is 1.00 e. The van der Waals surface area contributed by atoms with Gasteiger partial charge in [-0.2, -0.15) is 14.8 Å². The van der Waals surface area contributed by atoms with Crippen LogP contribution in [0.5, 0.6) is 0 Å². The Kier molecular flexibility index (Phi) is 29.3. The van der Waals surface area contributed by atoms with Gasteiger partial charge in [-0.15, -0.1) is 0 Å². The summed E-state index contributed by atoms with van der Waals surface area (Å²) in [6, 6.07) is 0. The fourth-order valence-electron chi connectivity index (χ4n) is 2.85. The normalized spacial score (nSPS) is 10.7. The number of hydrogen-bond donors (Lipinski definition) is 2. The van der Waals surface area contributed by atoms with E-state index in [1.54, 1.807) is 6.92 Å². The minimum Gasteiger partial charge on any atom is -0.343 e. The second kappa shape index (κ2) is 24.6. The molecule has 0 radical (unpaired) electrons. The summed E-state index contributed by atoms with van der Waals surface area (Å²) < 4.78 is 31.6. The van der Waals surface area contributed by atoms with Gasteiger partial charge >= 0.3 is 40.0 Å². The van der Waals surface area contributed by atoms with E-state index in [1.807, 2.05) is 0 Å². The van der Waals surface area contributed by atoms with Crippen molar-refractivity contribution in [3.05, 3.63) is 6.92 Å². The van der Waals surface area contributed by atoms with Crippen LogP contribution in [0, 0.1) is 6.92 Å². The zero-order valence-electron chi connectivity index (χ0n) is 17.8. The molecule has 0 aliphatic rings. The molecule has 0 spiro atoms. The van der Waals surface area contributed by atoms with Crippen LogP contribution in [-0.2, 0) is 15.2 Å². The summed E-state index contributed by atoms with van der Waals surface area (Å²) in [6.07, 6.45) is 22.5. The first-order valence-corrected chi connectivity index (χ1v) is 11.7. The van der Waals surface area contributed by atoms with Crippen LogP contribution >= 0.6 is 0 Å². The quantitative estimate of drug-likeness (QED) is 0.164. The SMILES string of the molecule is O=S(=O)(O)O.[CH2-]CCCCCCCCCCCCCCCCCC(C)=O.[Na+]. The first-order valence-electron chi connectivity index (χ1n) is 10.3. The van der Waals surface area contributed by atoms with E-state index in [0.29, 0.717) is 5.78 Å².